The fraction of sp³-hybridized carbons (Fsp3) is 0.214. The molecular formula is C14H15N5. The lowest BCUT2D eigenvalue weighted by atomic mass is 10.1. The number of nitrogens with one attached hydrogen (secondary N) is 1. The maximum atomic E-state index is 4.66. The molecule has 0 amide bonds. The third-order valence-corrected chi connectivity index (χ3v) is 3.08. The molecule has 96 valence electrons. The van der Waals surface area contributed by atoms with Crippen LogP contribution in [0.15, 0.2) is 42.7 Å². The summed E-state index contributed by atoms with van der Waals surface area (Å²) in [5, 5.41) is 7.66. The van der Waals surface area contributed by atoms with Crippen LogP contribution < -0.4 is 5.32 Å². The highest BCUT2D eigenvalue weighted by atomic mass is 15.3. The zero-order valence-corrected chi connectivity index (χ0v) is 10.9. The SMILES string of the molecule is CNC(c1cnc2ccccc2n1)c1ccn(C)n1. The molecule has 19 heavy (non-hydrogen) atoms. The third-order valence-electron chi connectivity index (χ3n) is 3.08. The molecule has 3 aromatic rings. The molecule has 0 radical (unpaired) electrons. The van der Waals surface area contributed by atoms with Gasteiger partial charge in [-0.1, -0.05) is 12.1 Å². The van der Waals surface area contributed by atoms with Crippen LogP contribution >= 0.6 is 0 Å². The molecule has 5 heteroatoms. The highest BCUT2D eigenvalue weighted by Crippen LogP contribution is 2.19. The van der Waals surface area contributed by atoms with E-state index in [-0.39, 0.29) is 6.04 Å². The number of aryl methyl sites for hydroxylation is 1. The van der Waals surface area contributed by atoms with Crippen molar-refractivity contribution in [1.82, 2.24) is 25.1 Å². The van der Waals surface area contributed by atoms with Gasteiger partial charge in [0.1, 0.15) is 0 Å². The van der Waals surface area contributed by atoms with Crippen molar-refractivity contribution in [1.29, 1.82) is 0 Å². The number of hydrogen-bond acceptors (Lipinski definition) is 4. The Kier molecular flexibility index (Phi) is 2.97. The van der Waals surface area contributed by atoms with E-state index < -0.39 is 0 Å². The fourth-order valence-electron chi connectivity index (χ4n) is 2.14. The minimum absolute atomic E-state index is 0.0432. The van der Waals surface area contributed by atoms with Gasteiger partial charge in [0.2, 0.25) is 0 Å². The van der Waals surface area contributed by atoms with Crippen LogP contribution in [0.1, 0.15) is 17.4 Å². The molecule has 2 aromatic heterocycles. The summed E-state index contributed by atoms with van der Waals surface area (Å²) in [6.45, 7) is 0. The van der Waals surface area contributed by atoms with Crippen molar-refractivity contribution < 1.29 is 0 Å². The molecule has 0 aliphatic rings. The van der Waals surface area contributed by atoms with E-state index in [0.717, 1.165) is 22.4 Å². The maximum absolute atomic E-state index is 4.66. The standard InChI is InChI=1S/C14H15N5/c1-15-14(12-7-8-19(2)18-12)13-9-16-10-5-3-4-6-11(10)17-13/h3-9,14-15H,1-2H3. The largest absolute Gasteiger partial charge is 0.307 e. The Morgan fingerprint density at radius 3 is 2.58 bits per heavy atom. The van der Waals surface area contributed by atoms with E-state index in [4.69, 9.17) is 0 Å². The van der Waals surface area contributed by atoms with E-state index in [1.165, 1.54) is 0 Å². The van der Waals surface area contributed by atoms with Crippen molar-refractivity contribution in [2.45, 2.75) is 6.04 Å². The van der Waals surface area contributed by atoms with E-state index in [0.29, 0.717) is 0 Å². The van der Waals surface area contributed by atoms with Gasteiger partial charge in [0.15, 0.2) is 0 Å². The molecule has 0 fully saturated rings. The van der Waals surface area contributed by atoms with E-state index in [1.807, 2.05) is 50.6 Å². The number of hydrogen-bond donors (Lipinski definition) is 1. The van der Waals surface area contributed by atoms with Gasteiger partial charge in [-0.3, -0.25) is 9.67 Å². The zero-order chi connectivity index (χ0) is 13.2. The second-order valence-corrected chi connectivity index (χ2v) is 4.42. The first-order valence-electron chi connectivity index (χ1n) is 6.16. The molecule has 1 unspecified atom stereocenters. The van der Waals surface area contributed by atoms with Crippen LogP contribution in [0.2, 0.25) is 0 Å². The van der Waals surface area contributed by atoms with E-state index >= 15 is 0 Å². The van der Waals surface area contributed by atoms with Gasteiger partial charge in [-0.2, -0.15) is 5.10 Å². The second-order valence-electron chi connectivity index (χ2n) is 4.42. The van der Waals surface area contributed by atoms with E-state index in [9.17, 15) is 0 Å². The van der Waals surface area contributed by atoms with Crippen LogP contribution in [0.3, 0.4) is 0 Å². The topological polar surface area (TPSA) is 55.6 Å². The minimum Gasteiger partial charge on any atom is -0.307 e. The Labute approximate surface area is 111 Å². The predicted molar refractivity (Wildman–Crippen MR) is 73.6 cm³/mol. The van der Waals surface area contributed by atoms with Crippen LogP contribution in [0, 0.1) is 0 Å². The molecule has 1 aromatic carbocycles. The van der Waals surface area contributed by atoms with Crippen molar-refractivity contribution in [2.75, 3.05) is 7.05 Å². The summed E-state index contributed by atoms with van der Waals surface area (Å²) in [7, 11) is 3.80. The molecule has 0 saturated heterocycles. The van der Waals surface area contributed by atoms with E-state index in [1.54, 1.807) is 10.9 Å². The summed E-state index contributed by atoms with van der Waals surface area (Å²) in [6, 6.07) is 9.80. The lowest BCUT2D eigenvalue weighted by Gasteiger charge is -2.13. The third kappa shape index (κ3) is 2.20. The van der Waals surface area contributed by atoms with Crippen LogP contribution in [0.5, 0.6) is 0 Å². The highest BCUT2D eigenvalue weighted by Gasteiger charge is 2.16. The van der Waals surface area contributed by atoms with Crippen molar-refractivity contribution >= 4 is 11.0 Å². The maximum Gasteiger partial charge on any atom is 0.0957 e. The van der Waals surface area contributed by atoms with Crippen molar-refractivity contribution in [2.24, 2.45) is 7.05 Å². The van der Waals surface area contributed by atoms with Gasteiger partial charge < -0.3 is 5.32 Å². The summed E-state index contributed by atoms with van der Waals surface area (Å²) in [5.74, 6) is 0. The molecule has 1 N–H and O–H groups in total. The summed E-state index contributed by atoms with van der Waals surface area (Å²) >= 11 is 0. The quantitative estimate of drug-likeness (QED) is 0.771. The molecule has 0 aliphatic carbocycles. The number of para-hydroxylation sites is 2. The molecule has 0 saturated carbocycles. The second kappa shape index (κ2) is 4.78. The summed E-state index contributed by atoms with van der Waals surface area (Å²) < 4.78 is 1.79. The van der Waals surface area contributed by atoms with Gasteiger partial charge in [0.25, 0.3) is 0 Å². The van der Waals surface area contributed by atoms with Crippen LogP contribution in [0.4, 0.5) is 0 Å². The first-order valence-corrected chi connectivity index (χ1v) is 6.16. The Morgan fingerprint density at radius 2 is 1.89 bits per heavy atom. The lowest BCUT2D eigenvalue weighted by Crippen LogP contribution is -2.20. The average molecular weight is 253 g/mol. The normalized spacial score (nSPS) is 12.7. The van der Waals surface area contributed by atoms with Gasteiger partial charge in [0.05, 0.1) is 34.7 Å². The van der Waals surface area contributed by atoms with Crippen LogP contribution in [-0.4, -0.2) is 26.8 Å². The average Bonchev–Trinajstić information content (AvgIpc) is 2.86. The number of fused-ring (bicyclic) bond motifs is 1. The zero-order valence-electron chi connectivity index (χ0n) is 10.9. The van der Waals surface area contributed by atoms with Gasteiger partial charge in [-0.15, -0.1) is 0 Å². The molecule has 0 spiro atoms. The Hall–Kier alpha value is -2.27. The smallest absolute Gasteiger partial charge is 0.0957 e. The van der Waals surface area contributed by atoms with Crippen molar-refractivity contribution in [3.05, 3.63) is 54.1 Å². The van der Waals surface area contributed by atoms with Crippen LogP contribution in [0.25, 0.3) is 11.0 Å². The monoisotopic (exact) mass is 253 g/mol. The van der Waals surface area contributed by atoms with Gasteiger partial charge in [-0.05, 0) is 25.2 Å². The molecule has 2 heterocycles. The van der Waals surface area contributed by atoms with E-state index in [2.05, 4.69) is 20.4 Å². The van der Waals surface area contributed by atoms with Crippen molar-refractivity contribution in [3.8, 4) is 0 Å². The minimum atomic E-state index is -0.0432. The molecule has 1 atom stereocenters. The van der Waals surface area contributed by atoms with Gasteiger partial charge in [0, 0.05) is 13.2 Å². The first-order chi connectivity index (χ1) is 9.28. The van der Waals surface area contributed by atoms with Crippen LogP contribution in [-0.2, 0) is 7.05 Å². The number of rotatable bonds is 3. The lowest BCUT2D eigenvalue weighted by molar-refractivity contribution is 0.627. The number of aromatic nitrogens is 4. The summed E-state index contributed by atoms with van der Waals surface area (Å²) in [6.07, 6.45) is 3.73. The predicted octanol–water partition coefficient (Wildman–Crippen LogP) is 1.67. The summed E-state index contributed by atoms with van der Waals surface area (Å²) in [5.41, 5.74) is 3.62. The Morgan fingerprint density at radius 1 is 1.11 bits per heavy atom. The molecular weight excluding hydrogens is 238 g/mol. The Balaban J connectivity index is 2.06. The molecule has 0 aliphatic heterocycles. The number of benzene rings is 1. The first kappa shape index (κ1) is 11.8. The highest BCUT2D eigenvalue weighted by molar-refractivity contribution is 5.73. The van der Waals surface area contributed by atoms with Gasteiger partial charge in [-0.25, -0.2) is 4.98 Å². The summed E-state index contributed by atoms with van der Waals surface area (Å²) in [4.78, 5) is 9.10. The number of nitrogens with zero attached hydrogens (tertiary/aromatic N) is 4. The molecule has 0 bridgehead atoms. The molecule has 5 nitrogen and oxygen atoms in total. The Bertz CT molecular complexity index is 704. The van der Waals surface area contributed by atoms with Gasteiger partial charge >= 0.3 is 0 Å². The van der Waals surface area contributed by atoms with Crippen molar-refractivity contribution in [3.63, 3.8) is 0 Å². The molecule has 3 rings (SSSR count). The fourth-order valence-corrected chi connectivity index (χ4v) is 2.14.